The number of methoxy groups -OCH3 is 1. The van der Waals surface area contributed by atoms with Crippen LogP contribution >= 0.6 is 15.9 Å². The molecule has 0 amide bonds. The van der Waals surface area contributed by atoms with E-state index in [1.807, 2.05) is 6.07 Å². The van der Waals surface area contributed by atoms with Crippen LogP contribution in [0.4, 0.5) is 5.82 Å². The minimum Gasteiger partial charge on any atom is -0.383 e. The Kier molecular flexibility index (Phi) is 3.76. The summed E-state index contributed by atoms with van der Waals surface area (Å²) in [4.78, 5) is 8.89. The lowest BCUT2D eigenvalue weighted by Crippen LogP contribution is -2.21. The van der Waals surface area contributed by atoms with Crippen LogP contribution in [0.2, 0.25) is 0 Å². The Morgan fingerprint density at radius 3 is 2.94 bits per heavy atom. The molecular formula is C11H16BrN3O. The molecule has 0 spiro atoms. The van der Waals surface area contributed by atoms with Crippen LogP contribution in [0.1, 0.15) is 31.5 Å². The van der Waals surface area contributed by atoms with Gasteiger partial charge >= 0.3 is 0 Å². The van der Waals surface area contributed by atoms with Crippen LogP contribution in [0.25, 0.3) is 0 Å². The van der Waals surface area contributed by atoms with E-state index < -0.39 is 0 Å². The number of nitrogens with zero attached hydrogens (tertiary/aromatic N) is 2. The third-order valence-electron chi connectivity index (χ3n) is 2.47. The molecule has 0 aromatic carbocycles. The topological polar surface area (TPSA) is 47.0 Å². The third kappa shape index (κ3) is 3.15. The lowest BCUT2D eigenvalue weighted by molar-refractivity contribution is 0.190. The molecule has 0 radical (unpaired) electrons. The van der Waals surface area contributed by atoms with Crippen molar-refractivity contribution in [3.05, 3.63) is 16.5 Å². The molecule has 0 bridgehead atoms. The molecule has 1 N–H and O–H groups in total. The summed E-state index contributed by atoms with van der Waals surface area (Å²) >= 11 is 3.42. The summed E-state index contributed by atoms with van der Waals surface area (Å²) in [6.07, 6.45) is 2.42. The maximum Gasteiger partial charge on any atom is 0.135 e. The molecule has 1 unspecified atom stereocenters. The molecular weight excluding hydrogens is 270 g/mol. The molecule has 1 aliphatic carbocycles. The maximum absolute atomic E-state index is 5.08. The lowest BCUT2D eigenvalue weighted by Gasteiger charge is -2.14. The van der Waals surface area contributed by atoms with Gasteiger partial charge in [0, 0.05) is 25.1 Å². The molecule has 0 aliphatic heterocycles. The Morgan fingerprint density at radius 2 is 2.31 bits per heavy atom. The predicted molar refractivity (Wildman–Crippen MR) is 66.7 cm³/mol. The van der Waals surface area contributed by atoms with Crippen molar-refractivity contribution in [3.63, 3.8) is 0 Å². The van der Waals surface area contributed by atoms with Crippen molar-refractivity contribution in [3.8, 4) is 0 Å². The molecule has 2 rings (SSSR count). The Morgan fingerprint density at radius 1 is 1.56 bits per heavy atom. The van der Waals surface area contributed by atoms with Crippen LogP contribution in [0.3, 0.4) is 0 Å². The number of anilines is 1. The lowest BCUT2D eigenvalue weighted by atomic mass is 10.3. The van der Waals surface area contributed by atoms with Crippen LogP contribution in [0, 0.1) is 0 Å². The summed E-state index contributed by atoms with van der Waals surface area (Å²) < 4.78 is 5.92. The fourth-order valence-electron chi connectivity index (χ4n) is 1.58. The fourth-order valence-corrected chi connectivity index (χ4v) is 1.98. The summed E-state index contributed by atoms with van der Waals surface area (Å²) in [6.45, 7) is 2.73. The second-order valence-corrected chi connectivity index (χ2v) is 5.02. The number of nitrogens with one attached hydrogen (secondary N) is 1. The van der Waals surface area contributed by atoms with Crippen LogP contribution in [-0.2, 0) is 4.74 Å². The van der Waals surface area contributed by atoms with Gasteiger partial charge in [0.15, 0.2) is 0 Å². The van der Waals surface area contributed by atoms with Crippen LogP contribution in [-0.4, -0.2) is 29.7 Å². The van der Waals surface area contributed by atoms with Gasteiger partial charge in [-0.15, -0.1) is 0 Å². The molecule has 88 valence electrons. The van der Waals surface area contributed by atoms with E-state index in [1.165, 1.54) is 12.8 Å². The Hall–Kier alpha value is -0.680. The fraction of sp³-hybridized carbons (Fsp3) is 0.636. The summed E-state index contributed by atoms with van der Waals surface area (Å²) in [7, 11) is 1.70. The van der Waals surface area contributed by atoms with Crippen LogP contribution in [0.15, 0.2) is 10.7 Å². The first-order valence-corrected chi connectivity index (χ1v) is 6.28. The zero-order chi connectivity index (χ0) is 11.5. The molecule has 1 aromatic heterocycles. The standard InChI is InChI=1S/C11H16BrN3O/c1-7(6-16-2)13-10-5-9(12)14-11(15-10)8-3-4-8/h5,7-8H,3-4,6H2,1-2H3,(H,13,14,15). The number of rotatable bonds is 5. The summed E-state index contributed by atoms with van der Waals surface area (Å²) in [5.74, 6) is 2.38. The minimum atomic E-state index is 0.249. The Labute approximate surface area is 104 Å². The first-order valence-electron chi connectivity index (χ1n) is 5.49. The van der Waals surface area contributed by atoms with Crippen molar-refractivity contribution in [1.82, 2.24) is 9.97 Å². The van der Waals surface area contributed by atoms with E-state index in [1.54, 1.807) is 7.11 Å². The number of halogens is 1. The number of hydrogen-bond acceptors (Lipinski definition) is 4. The Balaban J connectivity index is 2.07. The molecule has 1 aromatic rings. The van der Waals surface area contributed by atoms with E-state index in [2.05, 4.69) is 38.1 Å². The second-order valence-electron chi connectivity index (χ2n) is 4.21. The molecule has 5 heteroatoms. The molecule has 1 fully saturated rings. The van der Waals surface area contributed by atoms with Gasteiger partial charge in [0.25, 0.3) is 0 Å². The second kappa shape index (κ2) is 5.10. The van der Waals surface area contributed by atoms with Gasteiger partial charge in [0.2, 0.25) is 0 Å². The van der Waals surface area contributed by atoms with Crippen molar-refractivity contribution < 1.29 is 4.74 Å². The summed E-state index contributed by atoms with van der Waals surface area (Å²) in [5, 5.41) is 3.30. The van der Waals surface area contributed by atoms with Gasteiger partial charge in [-0.25, -0.2) is 9.97 Å². The Bertz CT molecular complexity index is 368. The summed E-state index contributed by atoms with van der Waals surface area (Å²) in [5.41, 5.74) is 0. The van der Waals surface area contributed by atoms with Gasteiger partial charge < -0.3 is 10.1 Å². The highest BCUT2D eigenvalue weighted by Crippen LogP contribution is 2.38. The molecule has 1 heterocycles. The van der Waals surface area contributed by atoms with Crippen molar-refractivity contribution >= 4 is 21.7 Å². The zero-order valence-electron chi connectivity index (χ0n) is 9.53. The van der Waals surface area contributed by atoms with E-state index >= 15 is 0 Å². The molecule has 0 saturated heterocycles. The first kappa shape index (κ1) is 11.8. The van der Waals surface area contributed by atoms with Crippen LogP contribution in [0.5, 0.6) is 0 Å². The van der Waals surface area contributed by atoms with Crippen molar-refractivity contribution in [1.29, 1.82) is 0 Å². The van der Waals surface area contributed by atoms with Gasteiger partial charge in [-0.05, 0) is 35.7 Å². The quantitative estimate of drug-likeness (QED) is 0.845. The predicted octanol–water partition coefficient (Wildman–Crippen LogP) is 2.56. The smallest absolute Gasteiger partial charge is 0.135 e. The van der Waals surface area contributed by atoms with Gasteiger partial charge in [-0.1, -0.05) is 0 Å². The first-order chi connectivity index (χ1) is 7.69. The maximum atomic E-state index is 5.08. The number of aromatic nitrogens is 2. The zero-order valence-corrected chi connectivity index (χ0v) is 11.1. The van der Waals surface area contributed by atoms with E-state index in [4.69, 9.17) is 4.74 Å². The number of hydrogen-bond donors (Lipinski definition) is 1. The molecule has 4 nitrogen and oxygen atoms in total. The van der Waals surface area contributed by atoms with Crippen LogP contribution < -0.4 is 5.32 Å². The monoisotopic (exact) mass is 285 g/mol. The average molecular weight is 286 g/mol. The highest BCUT2D eigenvalue weighted by Gasteiger charge is 2.27. The van der Waals surface area contributed by atoms with E-state index in [9.17, 15) is 0 Å². The third-order valence-corrected chi connectivity index (χ3v) is 2.87. The van der Waals surface area contributed by atoms with E-state index in [0.29, 0.717) is 12.5 Å². The van der Waals surface area contributed by atoms with Gasteiger partial charge in [0.1, 0.15) is 16.2 Å². The van der Waals surface area contributed by atoms with E-state index in [-0.39, 0.29) is 6.04 Å². The largest absolute Gasteiger partial charge is 0.383 e. The number of ether oxygens (including phenoxy) is 1. The van der Waals surface area contributed by atoms with Gasteiger partial charge in [0.05, 0.1) is 6.61 Å². The molecule has 1 atom stereocenters. The van der Waals surface area contributed by atoms with Crippen molar-refractivity contribution in [2.24, 2.45) is 0 Å². The molecule has 1 saturated carbocycles. The molecule has 16 heavy (non-hydrogen) atoms. The van der Waals surface area contributed by atoms with Crippen molar-refractivity contribution in [2.45, 2.75) is 31.7 Å². The average Bonchev–Trinajstić information content (AvgIpc) is 2.99. The van der Waals surface area contributed by atoms with E-state index in [0.717, 1.165) is 16.2 Å². The summed E-state index contributed by atoms with van der Waals surface area (Å²) in [6, 6.07) is 2.15. The molecule has 1 aliphatic rings. The normalized spacial score (nSPS) is 17.2. The SMILES string of the molecule is COCC(C)Nc1cc(Br)nc(C2CC2)n1. The van der Waals surface area contributed by atoms with Crippen molar-refractivity contribution in [2.75, 3.05) is 19.0 Å². The highest BCUT2D eigenvalue weighted by atomic mass is 79.9. The van der Waals surface area contributed by atoms with Gasteiger partial charge in [-0.3, -0.25) is 0 Å². The highest BCUT2D eigenvalue weighted by molar-refractivity contribution is 9.10. The minimum absolute atomic E-state index is 0.249. The van der Waals surface area contributed by atoms with Gasteiger partial charge in [-0.2, -0.15) is 0 Å².